The van der Waals surface area contributed by atoms with Gasteiger partial charge >= 0.3 is 6.03 Å². The standard InChI is InChI=1S/C22H29FN6O3/c1-14(2)29-12-17-19(13-29)26-20(27-21(17)28-6-9-32-10-7-28)16-4-3-15(11-18(16)23)25-22(31)24-5-8-30/h3-4,11,14,30H,5-10,12-13H2,1-2H3,(H2,24,25,31). The number of carbonyl (C=O) groups excluding carboxylic acids is 1. The largest absolute Gasteiger partial charge is 0.395 e. The lowest BCUT2D eigenvalue weighted by Crippen LogP contribution is -2.37. The number of hydrogen-bond donors (Lipinski definition) is 3. The summed E-state index contributed by atoms with van der Waals surface area (Å²) in [6.07, 6.45) is 0. The number of nitrogens with one attached hydrogen (secondary N) is 2. The molecule has 1 saturated heterocycles. The van der Waals surface area contributed by atoms with E-state index in [4.69, 9.17) is 19.8 Å². The van der Waals surface area contributed by atoms with Gasteiger partial charge in [0.2, 0.25) is 0 Å². The lowest BCUT2D eigenvalue weighted by molar-refractivity contribution is 0.122. The van der Waals surface area contributed by atoms with Crippen LogP contribution in [-0.2, 0) is 17.8 Å². The van der Waals surface area contributed by atoms with Gasteiger partial charge < -0.3 is 25.4 Å². The molecule has 0 unspecified atom stereocenters. The maximum Gasteiger partial charge on any atom is 0.319 e. The van der Waals surface area contributed by atoms with E-state index in [0.29, 0.717) is 37.3 Å². The molecule has 1 fully saturated rings. The van der Waals surface area contributed by atoms with Crippen molar-refractivity contribution < 1.29 is 19.0 Å². The van der Waals surface area contributed by atoms with Crippen molar-refractivity contribution in [2.75, 3.05) is 49.7 Å². The number of carbonyl (C=O) groups is 1. The van der Waals surface area contributed by atoms with Gasteiger partial charge in [0.25, 0.3) is 0 Å². The maximum absolute atomic E-state index is 15.0. The quantitative estimate of drug-likeness (QED) is 0.626. The number of fused-ring (bicyclic) bond motifs is 1. The Balaban J connectivity index is 1.65. The molecule has 0 aliphatic carbocycles. The van der Waals surface area contributed by atoms with Crippen molar-refractivity contribution in [1.29, 1.82) is 0 Å². The van der Waals surface area contributed by atoms with E-state index in [0.717, 1.165) is 36.7 Å². The molecule has 2 aliphatic heterocycles. The van der Waals surface area contributed by atoms with Crippen LogP contribution in [0.15, 0.2) is 18.2 Å². The zero-order valence-corrected chi connectivity index (χ0v) is 18.4. The minimum absolute atomic E-state index is 0.118. The van der Waals surface area contributed by atoms with Gasteiger partial charge in [-0.2, -0.15) is 0 Å². The van der Waals surface area contributed by atoms with Crippen LogP contribution in [0.1, 0.15) is 25.1 Å². The van der Waals surface area contributed by atoms with Gasteiger partial charge in [-0.25, -0.2) is 19.2 Å². The second-order valence-electron chi connectivity index (χ2n) is 8.19. The summed E-state index contributed by atoms with van der Waals surface area (Å²) in [6.45, 7) is 8.46. The predicted molar refractivity (Wildman–Crippen MR) is 119 cm³/mol. The summed E-state index contributed by atoms with van der Waals surface area (Å²) in [7, 11) is 0. The second-order valence-corrected chi connectivity index (χ2v) is 8.19. The summed E-state index contributed by atoms with van der Waals surface area (Å²) >= 11 is 0. The fourth-order valence-electron chi connectivity index (χ4n) is 3.90. The molecule has 0 spiro atoms. The molecule has 2 aromatic rings. The number of hydrogen-bond acceptors (Lipinski definition) is 7. The second kappa shape index (κ2) is 9.76. The van der Waals surface area contributed by atoms with E-state index in [-0.39, 0.29) is 18.7 Å². The number of aliphatic hydroxyl groups is 1. The monoisotopic (exact) mass is 444 g/mol. The van der Waals surface area contributed by atoms with Crippen molar-refractivity contribution in [2.24, 2.45) is 0 Å². The van der Waals surface area contributed by atoms with Gasteiger partial charge in [-0.05, 0) is 32.0 Å². The number of ether oxygens (including phenoxy) is 1. The third-order valence-corrected chi connectivity index (χ3v) is 5.69. The van der Waals surface area contributed by atoms with Gasteiger partial charge in [0.1, 0.15) is 11.6 Å². The summed E-state index contributed by atoms with van der Waals surface area (Å²) in [5.74, 6) is 0.669. The molecule has 1 aromatic heterocycles. The summed E-state index contributed by atoms with van der Waals surface area (Å²) in [4.78, 5) is 25.8. The zero-order valence-electron chi connectivity index (χ0n) is 18.4. The Morgan fingerprint density at radius 2 is 2.03 bits per heavy atom. The molecule has 172 valence electrons. The normalized spacial score (nSPS) is 16.3. The molecule has 2 amide bonds. The Kier molecular flexibility index (Phi) is 6.83. The number of halogens is 1. The van der Waals surface area contributed by atoms with Gasteiger partial charge in [-0.3, -0.25) is 4.90 Å². The Hall–Kier alpha value is -2.82. The minimum Gasteiger partial charge on any atom is -0.395 e. The van der Waals surface area contributed by atoms with Crippen LogP contribution >= 0.6 is 0 Å². The lowest BCUT2D eigenvalue weighted by atomic mass is 10.1. The number of rotatable bonds is 6. The third kappa shape index (κ3) is 4.82. The molecule has 3 N–H and O–H groups in total. The molecule has 9 nitrogen and oxygen atoms in total. The van der Waals surface area contributed by atoms with E-state index in [1.165, 1.54) is 6.07 Å². The number of nitrogens with zero attached hydrogens (tertiary/aromatic N) is 4. The first-order chi connectivity index (χ1) is 15.5. The lowest BCUT2D eigenvalue weighted by Gasteiger charge is -2.29. The van der Waals surface area contributed by atoms with Crippen molar-refractivity contribution in [3.05, 3.63) is 35.3 Å². The summed E-state index contributed by atoms with van der Waals surface area (Å²) in [5.41, 5.74) is 2.62. The van der Waals surface area contributed by atoms with Gasteiger partial charge in [0.15, 0.2) is 5.82 Å². The highest BCUT2D eigenvalue weighted by Gasteiger charge is 2.30. The molecule has 0 bridgehead atoms. The molecule has 3 heterocycles. The average molecular weight is 445 g/mol. The van der Waals surface area contributed by atoms with E-state index in [1.54, 1.807) is 12.1 Å². The van der Waals surface area contributed by atoms with E-state index >= 15 is 4.39 Å². The highest BCUT2D eigenvalue weighted by atomic mass is 19.1. The molecule has 10 heteroatoms. The highest BCUT2D eigenvalue weighted by Crippen LogP contribution is 2.34. The maximum atomic E-state index is 15.0. The first-order valence-corrected chi connectivity index (χ1v) is 10.9. The van der Waals surface area contributed by atoms with Crippen LogP contribution in [0, 0.1) is 5.82 Å². The molecular weight excluding hydrogens is 415 g/mol. The van der Waals surface area contributed by atoms with Crippen LogP contribution in [0.25, 0.3) is 11.4 Å². The van der Waals surface area contributed by atoms with Crippen LogP contribution in [0.4, 0.5) is 20.7 Å². The van der Waals surface area contributed by atoms with Crippen molar-refractivity contribution >= 4 is 17.5 Å². The molecule has 1 aromatic carbocycles. The Labute approximate surface area is 186 Å². The molecule has 4 rings (SSSR count). The van der Waals surface area contributed by atoms with Gasteiger partial charge in [0.05, 0.1) is 31.1 Å². The van der Waals surface area contributed by atoms with Gasteiger partial charge in [-0.1, -0.05) is 0 Å². The van der Waals surface area contributed by atoms with Crippen LogP contribution in [0.3, 0.4) is 0 Å². The zero-order chi connectivity index (χ0) is 22.7. The average Bonchev–Trinajstić information content (AvgIpc) is 3.22. The third-order valence-electron chi connectivity index (χ3n) is 5.69. The molecule has 0 atom stereocenters. The Morgan fingerprint density at radius 1 is 1.25 bits per heavy atom. The topological polar surface area (TPSA) is 103 Å². The molecule has 32 heavy (non-hydrogen) atoms. The van der Waals surface area contributed by atoms with Crippen molar-refractivity contribution in [1.82, 2.24) is 20.2 Å². The smallest absolute Gasteiger partial charge is 0.319 e. The van der Waals surface area contributed by atoms with Crippen LogP contribution in [0.5, 0.6) is 0 Å². The number of aromatic nitrogens is 2. The molecule has 2 aliphatic rings. The molecular formula is C22H29FN6O3. The first kappa shape index (κ1) is 22.4. The van der Waals surface area contributed by atoms with Crippen molar-refractivity contribution in [2.45, 2.75) is 33.0 Å². The summed E-state index contributed by atoms with van der Waals surface area (Å²) < 4.78 is 20.5. The highest BCUT2D eigenvalue weighted by molar-refractivity contribution is 5.89. The Morgan fingerprint density at radius 3 is 2.72 bits per heavy atom. The number of aliphatic hydroxyl groups excluding tert-OH is 1. The van der Waals surface area contributed by atoms with Gasteiger partial charge in [-0.15, -0.1) is 0 Å². The fraction of sp³-hybridized carbons (Fsp3) is 0.500. The fourth-order valence-corrected chi connectivity index (χ4v) is 3.90. The van der Waals surface area contributed by atoms with E-state index < -0.39 is 11.8 Å². The Bertz CT molecular complexity index is 980. The summed E-state index contributed by atoms with van der Waals surface area (Å²) in [6, 6.07) is 4.30. The SMILES string of the molecule is CC(C)N1Cc2nc(-c3ccc(NC(=O)NCCO)cc3F)nc(N3CCOCC3)c2C1. The minimum atomic E-state index is -0.517. The van der Waals surface area contributed by atoms with E-state index in [1.807, 2.05) is 0 Å². The van der Waals surface area contributed by atoms with Crippen LogP contribution in [-0.4, -0.2) is 71.5 Å². The van der Waals surface area contributed by atoms with Crippen LogP contribution in [0.2, 0.25) is 0 Å². The number of morpholine rings is 1. The number of anilines is 2. The number of urea groups is 1. The first-order valence-electron chi connectivity index (χ1n) is 10.9. The summed E-state index contributed by atoms with van der Waals surface area (Å²) in [5, 5.41) is 13.8. The van der Waals surface area contributed by atoms with Crippen molar-refractivity contribution in [3.8, 4) is 11.4 Å². The van der Waals surface area contributed by atoms with Gasteiger partial charge in [0, 0.05) is 50.0 Å². The molecule has 0 radical (unpaired) electrons. The van der Waals surface area contributed by atoms with E-state index in [9.17, 15) is 4.79 Å². The van der Waals surface area contributed by atoms with Crippen molar-refractivity contribution in [3.63, 3.8) is 0 Å². The molecule has 0 saturated carbocycles. The van der Waals surface area contributed by atoms with Crippen LogP contribution < -0.4 is 15.5 Å². The predicted octanol–water partition coefficient (Wildman–Crippen LogP) is 1.96. The number of benzene rings is 1. The van der Waals surface area contributed by atoms with E-state index in [2.05, 4.69) is 34.3 Å². The number of amides is 2.